The molecule has 1 aromatic heterocycles. The number of carbonyl (C=O) groups is 1. The van der Waals surface area contributed by atoms with Gasteiger partial charge in [-0.25, -0.2) is 4.68 Å². The predicted molar refractivity (Wildman–Crippen MR) is 92.7 cm³/mol. The fraction of sp³-hybridized carbons (Fsp3) is 0.316. The molecule has 5 nitrogen and oxygen atoms in total. The van der Waals surface area contributed by atoms with Gasteiger partial charge in [-0.3, -0.25) is 4.79 Å². The lowest BCUT2D eigenvalue weighted by Gasteiger charge is -2.08. The largest absolute Gasteiger partial charge is 0.493 e. The van der Waals surface area contributed by atoms with E-state index >= 15 is 0 Å². The van der Waals surface area contributed by atoms with Crippen molar-refractivity contribution in [2.75, 3.05) is 6.61 Å². The second-order valence-corrected chi connectivity index (χ2v) is 6.09. The lowest BCUT2D eigenvalue weighted by molar-refractivity contribution is 0.0943. The Kier molecular flexibility index (Phi) is 5.54. The third-order valence-corrected chi connectivity index (χ3v) is 3.33. The van der Waals surface area contributed by atoms with Gasteiger partial charge in [-0.2, -0.15) is 10.4 Å². The molecule has 0 N–H and O–H groups in total. The Bertz CT molecular complexity index is 793. The molecule has 5 heteroatoms. The summed E-state index contributed by atoms with van der Waals surface area (Å²) in [5.74, 6) is 0.792. The van der Waals surface area contributed by atoms with Crippen molar-refractivity contribution in [3.8, 4) is 11.8 Å². The number of benzene rings is 1. The van der Waals surface area contributed by atoms with Crippen molar-refractivity contribution >= 4 is 12.0 Å². The van der Waals surface area contributed by atoms with Crippen LogP contribution in [0.15, 0.2) is 35.9 Å². The third-order valence-electron chi connectivity index (χ3n) is 3.33. The van der Waals surface area contributed by atoms with Crippen molar-refractivity contribution in [3.63, 3.8) is 0 Å². The molecule has 0 amide bonds. The van der Waals surface area contributed by atoms with E-state index in [4.69, 9.17) is 4.74 Å². The molecule has 0 aliphatic heterocycles. The van der Waals surface area contributed by atoms with Crippen molar-refractivity contribution in [1.82, 2.24) is 9.78 Å². The minimum Gasteiger partial charge on any atom is -0.493 e. The molecule has 1 aromatic carbocycles. The SMILES string of the molecule is Cc1cc(C)n(C(=O)/C(C#N)=C/c2ccc(OCC(C)C)cc2)n1. The molecule has 0 fully saturated rings. The van der Waals surface area contributed by atoms with Crippen LogP contribution in [-0.4, -0.2) is 22.3 Å². The van der Waals surface area contributed by atoms with Gasteiger partial charge in [-0.05, 0) is 49.6 Å². The molecule has 0 unspecified atom stereocenters. The number of nitriles is 1. The smallest absolute Gasteiger partial charge is 0.289 e. The van der Waals surface area contributed by atoms with Gasteiger partial charge in [0.2, 0.25) is 0 Å². The summed E-state index contributed by atoms with van der Waals surface area (Å²) in [5, 5.41) is 13.4. The summed E-state index contributed by atoms with van der Waals surface area (Å²) < 4.78 is 6.88. The Morgan fingerprint density at radius 2 is 2.00 bits per heavy atom. The first-order valence-electron chi connectivity index (χ1n) is 7.83. The minimum atomic E-state index is -0.428. The average molecular weight is 323 g/mol. The van der Waals surface area contributed by atoms with E-state index in [2.05, 4.69) is 18.9 Å². The van der Waals surface area contributed by atoms with Gasteiger partial charge in [0.05, 0.1) is 12.3 Å². The van der Waals surface area contributed by atoms with Crippen LogP contribution in [0.3, 0.4) is 0 Å². The van der Waals surface area contributed by atoms with Crippen LogP contribution in [0.2, 0.25) is 0 Å². The fourth-order valence-corrected chi connectivity index (χ4v) is 2.18. The van der Waals surface area contributed by atoms with E-state index in [0.29, 0.717) is 18.2 Å². The van der Waals surface area contributed by atoms with Crippen LogP contribution in [0.5, 0.6) is 5.75 Å². The fourth-order valence-electron chi connectivity index (χ4n) is 2.18. The highest BCUT2D eigenvalue weighted by atomic mass is 16.5. The molecule has 2 rings (SSSR count). The average Bonchev–Trinajstić information content (AvgIpc) is 2.89. The normalized spacial score (nSPS) is 11.4. The summed E-state index contributed by atoms with van der Waals surface area (Å²) in [4.78, 5) is 12.4. The summed E-state index contributed by atoms with van der Waals surface area (Å²) in [6.07, 6.45) is 1.56. The quantitative estimate of drug-likeness (QED) is 0.620. The number of aromatic nitrogens is 2. The highest BCUT2D eigenvalue weighted by molar-refractivity contribution is 6.03. The van der Waals surface area contributed by atoms with Gasteiger partial charge in [0.25, 0.3) is 5.91 Å². The monoisotopic (exact) mass is 323 g/mol. The number of hydrogen-bond acceptors (Lipinski definition) is 4. The summed E-state index contributed by atoms with van der Waals surface area (Å²) in [6, 6.07) is 11.1. The van der Waals surface area contributed by atoms with Crippen LogP contribution >= 0.6 is 0 Å². The van der Waals surface area contributed by atoms with Crippen molar-refractivity contribution in [3.05, 3.63) is 52.9 Å². The molecule has 0 spiro atoms. The predicted octanol–water partition coefficient (Wildman–Crippen LogP) is 3.78. The van der Waals surface area contributed by atoms with Gasteiger partial charge >= 0.3 is 0 Å². The Morgan fingerprint density at radius 1 is 1.33 bits per heavy atom. The standard InChI is InChI=1S/C19H21N3O2/c1-13(2)12-24-18-7-5-16(6-8-18)10-17(11-20)19(23)22-15(4)9-14(3)21-22/h5-10,13H,12H2,1-4H3/b17-10+. The van der Waals surface area contributed by atoms with Crippen LogP contribution in [-0.2, 0) is 0 Å². The number of hydrogen-bond donors (Lipinski definition) is 0. The van der Waals surface area contributed by atoms with E-state index in [9.17, 15) is 10.1 Å². The number of allylic oxidation sites excluding steroid dienone is 1. The molecule has 24 heavy (non-hydrogen) atoms. The van der Waals surface area contributed by atoms with E-state index in [1.807, 2.05) is 37.3 Å². The van der Waals surface area contributed by atoms with E-state index in [0.717, 1.165) is 17.0 Å². The van der Waals surface area contributed by atoms with Gasteiger partial charge < -0.3 is 4.74 Å². The zero-order valence-electron chi connectivity index (χ0n) is 14.4. The summed E-state index contributed by atoms with van der Waals surface area (Å²) >= 11 is 0. The first-order valence-corrected chi connectivity index (χ1v) is 7.83. The molecule has 1 heterocycles. The lowest BCUT2D eigenvalue weighted by Crippen LogP contribution is -2.15. The van der Waals surface area contributed by atoms with Crippen molar-refractivity contribution < 1.29 is 9.53 Å². The molecule has 0 atom stereocenters. The highest BCUT2D eigenvalue weighted by Gasteiger charge is 2.15. The van der Waals surface area contributed by atoms with E-state index < -0.39 is 5.91 Å². The number of ether oxygens (including phenoxy) is 1. The van der Waals surface area contributed by atoms with Crippen molar-refractivity contribution in [2.45, 2.75) is 27.7 Å². The maximum absolute atomic E-state index is 12.4. The van der Waals surface area contributed by atoms with E-state index in [1.54, 1.807) is 19.1 Å². The summed E-state index contributed by atoms with van der Waals surface area (Å²) in [6.45, 7) is 8.41. The van der Waals surface area contributed by atoms with Crippen LogP contribution in [0.1, 0.15) is 35.6 Å². The van der Waals surface area contributed by atoms with Gasteiger partial charge in [-0.15, -0.1) is 0 Å². The highest BCUT2D eigenvalue weighted by Crippen LogP contribution is 2.16. The molecule has 0 aliphatic carbocycles. The number of nitrogens with zero attached hydrogens (tertiary/aromatic N) is 3. The zero-order valence-corrected chi connectivity index (χ0v) is 14.4. The number of aryl methyl sites for hydroxylation is 2. The molecule has 0 saturated heterocycles. The first kappa shape index (κ1) is 17.5. The summed E-state index contributed by atoms with van der Waals surface area (Å²) in [5.41, 5.74) is 2.25. The minimum absolute atomic E-state index is 0.0389. The van der Waals surface area contributed by atoms with Crippen LogP contribution in [0.25, 0.3) is 6.08 Å². The molecule has 0 bridgehead atoms. The molecule has 0 saturated carbocycles. The van der Waals surface area contributed by atoms with Crippen LogP contribution in [0.4, 0.5) is 0 Å². The summed E-state index contributed by atoms with van der Waals surface area (Å²) in [7, 11) is 0. The molecular weight excluding hydrogens is 302 g/mol. The maximum Gasteiger partial charge on any atom is 0.289 e. The van der Waals surface area contributed by atoms with Gasteiger partial charge in [-0.1, -0.05) is 26.0 Å². The number of rotatable bonds is 5. The lowest BCUT2D eigenvalue weighted by atomic mass is 10.1. The van der Waals surface area contributed by atoms with E-state index in [1.165, 1.54) is 4.68 Å². The molecule has 0 radical (unpaired) electrons. The van der Waals surface area contributed by atoms with Crippen molar-refractivity contribution in [2.24, 2.45) is 5.92 Å². The molecular formula is C19H21N3O2. The third kappa shape index (κ3) is 4.32. The van der Waals surface area contributed by atoms with Crippen molar-refractivity contribution in [1.29, 1.82) is 5.26 Å². The second kappa shape index (κ2) is 7.60. The topological polar surface area (TPSA) is 67.9 Å². The first-order chi connectivity index (χ1) is 11.4. The van der Waals surface area contributed by atoms with Gasteiger partial charge in [0.1, 0.15) is 17.4 Å². The Balaban J connectivity index is 2.20. The Hall–Kier alpha value is -2.87. The van der Waals surface area contributed by atoms with E-state index in [-0.39, 0.29) is 5.57 Å². The molecule has 0 aliphatic rings. The second-order valence-electron chi connectivity index (χ2n) is 6.09. The zero-order chi connectivity index (χ0) is 17.7. The Morgan fingerprint density at radius 3 is 2.50 bits per heavy atom. The van der Waals surface area contributed by atoms with Gasteiger partial charge in [0, 0.05) is 5.69 Å². The Labute approximate surface area is 142 Å². The molecule has 2 aromatic rings. The van der Waals surface area contributed by atoms with Gasteiger partial charge in [0.15, 0.2) is 0 Å². The maximum atomic E-state index is 12.4. The number of carbonyl (C=O) groups excluding carboxylic acids is 1. The van der Waals surface area contributed by atoms with Crippen LogP contribution in [0, 0.1) is 31.1 Å². The molecule has 124 valence electrons. The van der Waals surface area contributed by atoms with Crippen LogP contribution < -0.4 is 4.74 Å².